The second-order valence-electron chi connectivity index (χ2n) is 4.34. The number of aromatic amines is 1. The molecule has 0 spiro atoms. The standard InChI is InChI=1S/C13H12N2O/c1-2-4-10-8(3-1)9-5-13-12(14-7-16-13)6-11(9)15-10/h1-6,12-15H,7H2. The van der Waals surface area contributed by atoms with Crippen LogP contribution in [0.1, 0.15) is 0 Å². The molecule has 2 aliphatic rings. The zero-order valence-corrected chi connectivity index (χ0v) is 8.73. The van der Waals surface area contributed by atoms with Crippen LogP contribution >= 0.6 is 0 Å². The van der Waals surface area contributed by atoms with Crippen molar-refractivity contribution in [1.82, 2.24) is 10.3 Å². The molecule has 2 unspecified atom stereocenters. The van der Waals surface area contributed by atoms with Gasteiger partial charge in [0.25, 0.3) is 0 Å². The molecule has 0 bridgehead atoms. The van der Waals surface area contributed by atoms with Gasteiger partial charge in [-0.2, -0.15) is 0 Å². The van der Waals surface area contributed by atoms with Crippen molar-refractivity contribution >= 4 is 23.1 Å². The van der Waals surface area contributed by atoms with Crippen LogP contribution in [-0.2, 0) is 4.74 Å². The van der Waals surface area contributed by atoms with Gasteiger partial charge in [0.15, 0.2) is 0 Å². The quantitative estimate of drug-likeness (QED) is 0.648. The van der Waals surface area contributed by atoms with E-state index < -0.39 is 0 Å². The first-order chi connectivity index (χ1) is 7.92. The molecule has 1 aliphatic carbocycles. The van der Waals surface area contributed by atoms with E-state index in [-0.39, 0.29) is 6.10 Å². The van der Waals surface area contributed by atoms with Gasteiger partial charge in [-0.25, -0.2) is 0 Å². The molecule has 3 heteroatoms. The molecule has 0 saturated carbocycles. The summed E-state index contributed by atoms with van der Waals surface area (Å²) >= 11 is 0. The normalized spacial score (nSPS) is 27.0. The number of benzene rings is 1. The van der Waals surface area contributed by atoms with Crippen molar-refractivity contribution in [2.75, 3.05) is 6.73 Å². The van der Waals surface area contributed by atoms with Crippen LogP contribution in [0.5, 0.6) is 0 Å². The van der Waals surface area contributed by atoms with Crippen LogP contribution in [0, 0.1) is 0 Å². The number of fused-ring (bicyclic) bond motifs is 4. The molecule has 2 aromatic rings. The van der Waals surface area contributed by atoms with Crippen molar-refractivity contribution in [2.45, 2.75) is 12.1 Å². The average Bonchev–Trinajstić information content (AvgIpc) is 2.88. The van der Waals surface area contributed by atoms with Gasteiger partial charge >= 0.3 is 0 Å². The molecule has 3 nitrogen and oxygen atoms in total. The Kier molecular flexibility index (Phi) is 1.59. The van der Waals surface area contributed by atoms with E-state index in [1.165, 1.54) is 21.5 Å². The first kappa shape index (κ1) is 8.56. The molecule has 1 aromatic heterocycles. The molecule has 80 valence electrons. The lowest BCUT2D eigenvalue weighted by atomic mass is 10.0. The van der Waals surface area contributed by atoms with Gasteiger partial charge in [0.1, 0.15) is 0 Å². The van der Waals surface area contributed by atoms with Crippen molar-refractivity contribution in [3.05, 3.63) is 34.8 Å². The van der Waals surface area contributed by atoms with Crippen LogP contribution in [0.3, 0.4) is 0 Å². The third-order valence-corrected chi connectivity index (χ3v) is 3.40. The molecule has 16 heavy (non-hydrogen) atoms. The number of rotatable bonds is 0. The Morgan fingerprint density at radius 2 is 2.12 bits per heavy atom. The maximum Gasteiger partial charge on any atom is 0.0979 e. The van der Waals surface area contributed by atoms with E-state index in [1.807, 2.05) is 0 Å². The lowest BCUT2D eigenvalue weighted by molar-refractivity contribution is 0.151. The fraction of sp³-hybridized carbons (Fsp3) is 0.231. The fourth-order valence-corrected chi connectivity index (χ4v) is 2.61. The zero-order chi connectivity index (χ0) is 10.5. The molecular weight excluding hydrogens is 200 g/mol. The van der Waals surface area contributed by atoms with Crippen LogP contribution in [0.2, 0.25) is 0 Å². The van der Waals surface area contributed by atoms with E-state index in [2.05, 4.69) is 46.7 Å². The van der Waals surface area contributed by atoms with Gasteiger partial charge in [-0.3, -0.25) is 5.32 Å². The predicted molar refractivity (Wildman–Crippen MR) is 63.1 cm³/mol. The molecule has 0 amide bonds. The monoisotopic (exact) mass is 212 g/mol. The van der Waals surface area contributed by atoms with Gasteiger partial charge < -0.3 is 9.72 Å². The highest BCUT2D eigenvalue weighted by Crippen LogP contribution is 2.13. The highest BCUT2D eigenvalue weighted by Gasteiger charge is 2.26. The smallest absolute Gasteiger partial charge is 0.0979 e. The molecular formula is C13H12N2O. The Morgan fingerprint density at radius 1 is 1.19 bits per heavy atom. The molecule has 1 saturated heterocycles. The van der Waals surface area contributed by atoms with Gasteiger partial charge in [0, 0.05) is 21.5 Å². The summed E-state index contributed by atoms with van der Waals surface area (Å²) in [6, 6.07) is 8.71. The zero-order valence-electron chi connectivity index (χ0n) is 8.73. The Balaban J connectivity index is 2.12. The van der Waals surface area contributed by atoms with Crippen molar-refractivity contribution < 1.29 is 4.74 Å². The summed E-state index contributed by atoms with van der Waals surface area (Å²) in [4.78, 5) is 3.45. The van der Waals surface area contributed by atoms with E-state index in [9.17, 15) is 0 Å². The fourth-order valence-electron chi connectivity index (χ4n) is 2.61. The maximum atomic E-state index is 5.62. The lowest BCUT2D eigenvalue weighted by Crippen LogP contribution is -2.39. The third kappa shape index (κ3) is 1.04. The maximum absolute atomic E-state index is 5.62. The molecule has 4 rings (SSSR count). The van der Waals surface area contributed by atoms with Gasteiger partial charge in [-0.15, -0.1) is 0 Å². The highest BCUT2D eigenvalue weighted by molar-refractivity contribution is 5.82. The number of nitrogens with one attached hydrogen (secondary N) is 2. The molecule has 1 aromatic carbocycles. The topological polar surface area (TPSA) is 37.0 Å². The average molecular weight is 212 g/mol. The minimum atomic E-state index is 0.187. The van der Waals surface area contributed by atoms with Crippen molar-refractivity contribution in [3.63, 3.8) is 0 Å². The molecule has 2 atom stereocenters. The van der Waals surface area contributed by atoms with Crippen LogP contribution in [0.15, 0.2) is 24.3 Å². The van der Waals surface area contributed by atoms with Gasteiger partial charge in [0.05, 0.1) is 18.9 Å². The van der Waals surface area contributed by atoms with Crippen LogP contribution in [0.4, 0.5) is 0 Å². The Hall–Kier alpha value is -1.58. The highest BCUT2D eigenvalue weighted by atomic mass is 16.5. The van der Waals surface area contributed by atoms with Gasteiger partial charge in [0.2, 0.25) is 0 Å². The Bertz CT molecular complexity index is 671. The number of aromatic nitrogens is 1. The molecule has 0 radical (unpaired) electrons. The van der Waals surface area contributed by atoms with Crippen LogP contribution in [0.25, 0.3) is 23.1 Å². The Morgan fingerprint density at radius 3 is 3.12 bits per heavy atom. The van der Waals surface area contributed by atoms with Crippen molar-refractivity contribution in [3.8, 4) is 0 Å². The second-order valence-corrected chi connectivity index (χ2v) is 4.34. The number of hydrogen-bond donors (Lipinski definition) is 2. The first-order valence-electron chi connectivity index (χ1n) is 5.57. The summed E-state index contributed by atoms with van der Waals surface area (Å²) in [6.07, 6.45) is 4.64. The number of H-pyrrole nitrogens is 1. The van der Waals surface area contributed by atoms with Crippen LogP contribution < -0.4 is 15.9 Å². The number of ether oxygens (including phenoxy) is 1. The van der Waals surface area contributed by atoms with E-state index in [0.29, 0.717) is 12.8 Å². The van der Waals surface area contributed by atoms with E-state index in [0.717, 1.165) is 0 Å². The van der Waals surface area contributed by atoms with Gasteiger partial charge in [-0.1, -0.05) is 18.2 Å². The third-order valence-electron chi connectivity index (χ3n) is 3.40. The minimum Gasteiger partial charge on any atom is -0.357 e. The minimum absolute atomic E-state index is 0.187. The molecule has 2 heterocycles. The van der Waals surface area contributed by atoms with E-state index in [4.69, 9.17) is 4.74 Å². The number of hydrogen-bond acceptors (Lipinski definition) is 2. The molecule has 1 fully saturated rings. The second kappa shape index (κ2) is 2.97. The van der Waals surface area contributed by atoms with E-state index >= 15 is 0 Å². The first-order valence-corrected chi connectivity index (χ1v) is 5.57. The SMILES string of the molecule is C1=c2[nH]c3ccccc3c2=CC2OCNC12. The number of para-hydroxylation sites is 1. The predicted octanol–water partition coefficient (Wildman–Crippen LogP) is 0.0570. The van der Waals surface area contributed by atoms with Crippen molar-refractivity contribution in [1.29, 1.82) is 0 Å². The Labute approximate surface area is 92.4 Å². The largest absolute Gasteiger partial charge is 0.357 e. The summed E-state index contributed by atoms with van der Waals surface area (Å²) in [7, 11) is 0. The summed E-state index contributed by atoms with van der Waals surface area (Å²) in [5.41, 5.74) is 1.19. The molecule has 1 aliphatic heterocycles. The van der Waals surface area contributed by atoms with Crippen molar-refractivity contribution in [2.24, 2.45) is 0 Å². The summed E-state index contributed by atoms with van der Waals surface area (Å²) < 4.78 is 5.62. The summed E-state index contributed by atoms with van der Waals surface area (Å²) in [5.74, 6) is 0. The van der Waals surface area contributed by atoms with Crippen LogP contribution in [-0.4, -0.2) is 23.9 Å². The van der Waals surface area contributed by atoms with Gasteiger partial charge in [-0.05, 0) is 18.2 Å². The lowest BCUT2D eigenvalue weighted by Gasteiger charge is -2.12. The summed E-state index contributed by atoms with van der Waals surface area (Å²) in [5, 5.41) is 7.08. The summed E-state index contributed by atoms with van der Waals surface area (Å²) in [6.45, 7) is 0.643. The molecule has 2 N–H and O–H groups in total. The van der Waals surface area contributed by atoms with E-state index in [1.54, 1.807) is 0 Å².